The molecule has 0 bridgehead atoms. The van der Waals surface area contributed by atoms with Crippen LogP contribution in [0.3, 0.4) is 0 Å². The van der Waals surface area contributed by atoms with Gasteiger partial charge < -0.3 is 16.3 Å². The summed E-state index contributed by atoms with van der Waals surface area (Å²) >= 11 is 0. The molecule has 18 heavy (non-hydrogen) atoms. The molecule has 0 unspecified atom stereocenters. The van der Waals surface area contributed by atoms with Gasteiger partial charge in [-0.05, 0) is 37.4 Å². The van der Waals surface area contributed by atoms with Gasteiger partial charge in [-0.25, -0.2) is 0 Å². The van der Waals surface area contributed by atoms with Gasteiger partial charge in [0, 0.05) is 19.2 Å². The fourth-order valence-electron chi connectivity index (χ4n) is 1.77. The predicted molar refractivity (Wildman–Crippen MR) is 72.6 cm³/mol. The molecule has 1 aromatic heterocycles. The Labute approximate surface area is 108 Å². The van der Waals surface area contributed by atoms with Crippen molar-refractivity contribution in [3.8, 4) is 0 Å². The maximum Gasteiger partial charge on any atom is 0.139 e. The molecule has 1 rings (SSSR count). The van der Waals surface area contributed by atoms with Crippen LogP contribution < -0.4 is 11.1 Å². The van der Waals surface area contributed by atoms with Gasteiger partial charge in [0.25, 0.3) is 0 Å². The number of nitrogens with two attached hydrogens (primary N) is 1. The minimum atomic E-state index is 0.299. The number of unbranched alkanes of at least 4 members (excludes halogenated alkanes) is 1. The van der Waals surface area contributed by atoms with Crippen LogP contribution in [0.15, 0.2) is 23.5 Å². The van der Waals surface area contributed by atoms with Crippen molar-refractivity contribution in [2.45, 2.75) is 39.2 Å². The quantitative estimate of drug-likeness (QED) is 0.215. The van der Waals surface area contributed by atoms with Crippen LogP contribution in [-0.2, 0) is 13.0 Å². The minimum Gasteiger partial charge on any atom is -0.409 e. The maximum absolute atomic E-state index is 8.38. The van der Waals surface area contributed by atoms with E-state index in [4.69, 9.17) is 10.9 Å². The fourth-order valence-corrected chi connectivity index (χ4v) is 1.77. The summed E-state index contributed by atoms with van der Waals surface area (Å²) in [4.78, 5) is 4.37. The molecular formula is C13H22N4O. The van der Waals surface area contributed by atoms with Gasteiger partial charge in [0.15, 0.2) is 0 Å². The van der Waals surface area contributed by atoms with Crippen molar-refractivity contribution >= 4 is 5.84 Å². The zero-order valence-corrected chi connectivity index (χ0v) is 10.9. The summed E-state index contributed by atoms with van der Waals surface area (Å²) in [6.07, 6.45) is 5.40. The van der Waals surface area contributed by atoms with E-state index in [1.807, 2.05) is 12.3 Å². The normalized spacial score (nSPS) is 11.7. The lowest BCUT2D eigenvalue weighted by Crippen LogP contribution is -2.18. The molecule has 0 saturated heterocycles. The Balaban J connectivity index is 2.18. The van der Waals surface area contributed by atoms with Gasteiger partial charge in [0.2, 0.25) is 0 Å². The average Bonchev–Trinajstić information content (AvgIpc) is 2.42. The molecule has 1 aromatic rings. The summed E-state index contributed by atoms with van der Waals surface area (Å²) in [5, 5.41) is 14.7. The predicted octanol–water partition coefficient (Wildman–Crippen LogP) is 1.65. The molecule has 0 radical (unpaired) electrons. The number of aromatic nitrogens is 1. The summed E-state index contributed by atoms with van der Waals surface area (Å²) in [6.45, 7) is 3.85. The smallest absolute Gasteiger partial charge is 0.139 e. The van der Waals surface area contributed by atoms with Crippen molar-refractivity contribution in [2.24, 2.45) is 10.9 Å². The van der Waals surface area contributed by atoms with E-state index in [0.717, 1.165) is 38.0 Å². The van der Waals surface area contributed by atoms with Crippen LogP contribution in [0.5, 0.6) is 0 Å². The van der Waals surface area contributed by atoms with Crippen molar-refractivity contribution in [3.63, 3.8) is 0 Å². The number of amidine groups is 1. The molecule has 0 aliphatic rings. The number of hydrogen-bond acceptors (Lipinski definition) is 4. The second-order valence-electron chi connectivity index (χ2n) is 4.19. The average molecular weight is 250 g/mol. The Bertz CT molecular complexity index is 379. The number of pyridine rings is 1. The van der Waals surface area contributed by atoms with Crippen LogP contribution in [0, 0.1) is 0 Å². The topological polar surface area (TPSA) is 83.5 Å². The van der Waals surface area contributed by atoms with E-state index in [2.05, 4.69) is 28.4 Å². The molecule has 0 spiro atoms. The lowest BCUT2D eigenvalue weighted by molar-refractivity contribution is 0.316. The van der Waals surface area contributed by atoms with Gasteiger partial charge >= 0.3 is 0 Å². The van der Waals surface area contributed by atoms with E-state index in [-0.39, 0.29) is 0 Å². The fraction of sp³-hybridized carbons (Fsp3) is 0.538. The van der Waals surface area contributed by atoms with Gasteiger partial charge in [-0.15, -0.1) is 0 Å². The molecule has 0 aromatic carbocycles. The number of rotatable bonds is 8. The van der Waals surface area contributed by atoms with E-state index in [1.165, 1.54) is 5.56 Å². The van der Waals surface area contributed by atoms with E-state index in [1.54, 1.807) is 0 Å². The summed E-state index contributed by atoms with van der Waals surface area (Å²) < 4.78 is 0. The Morgan fingerprint density at radius 3 is 3.06 bits per heavy atom. The third-order valence-corrected chi connectivity index (χ3v) is 2.82. The van der Waals surface area contributed by atoms with Crippen LogP contribution in [-0.4, -0.2) is 22.6 Å². The second kappa shape index (κ2) is 8.47. The van der Waals surface area contributed by atoms with Crippen molar-refractivity contribution in [2.75, 3.05) is 6.54 Å². The monoisotopic (exact) mass is 250 g/mol. The summed E-state index contributed by atoms with van der Waals surface area (Å²) in [5.74, 6) is 0.299. The number of nitrogens with zero attached hydrogens (tertiary/aromatic N) is 2. The van der Waals surface area contributed by atoms with Gasteiger partial charge in [-0.1, -0.05) is 18.1 Å². The first-order valence-electron chi connectivity index (χ1n) is 6.37. The summed E-state index contributed by atoms with van der Waals surface area (Å²) in [6, 6.07) is 4.09. The summed E-state index contributed by atoms with van der Waals surface area (Å²) in [5.41, 5.74) is 7.80. The first kappa shape index (κ1) is 14.4. The molecule has 1 heterocycles. The number of nitrogens with one attached hydrogen (secondary N) is 1. The van der Waals surface area contributed by atoms with Crippen LogP contribution >= 0.6 is 0 Å². The molecule has 0 atom stereocenters. The van der Waals surface area contributed by atoms with Crippen LogP contribution in [0.4, 0.5) is 0 Å². The van der Waals surface area contributed by atoms with Crippen LogP contribution in [0.1, 0.15) is 37.4 Å². The number of hydrogen-bond donors (Lipinski definition) is 3. The molecule has 0 saturated carbocycles. The molecule has 0 amide bonds. The molecule has 5 heteroatoms. The Morgan fingerprint density at radius 2 is 2.33 bits per heavy atom. The lowest BCUT2D eigenvalue weighted by atomic mass is 10.1. The van der Waals surface area contributed by atoms with Crippen molar-refractivity contribution in [3.05, 3.63) is 29.6 Å². The highest BCUT2D eigenvalue weighted by molar-refractivity contribution is 5.79. The lowest BCUT2D eigenvalue weighted by Gasteiger charge is -2.07. The summed E-state index contributed by atoms with van der Waals surface area (Å²) in [7, 11) is 0. The highest BCUT2D eigenvalue weighted by Gasteiger charge is 2.00. The third kappa shape index (κ3) is 5.14. The van der Waals surface area contributed by atoms with Gasteiger partial charge in [-0.3, -0.25) is 4.98 Å². The van der Waals surface area contributed by atoms with E-state index < -0.39 is 0 Å². The molecule has 0 fully saturated rings. The molecule has 100 valence electrons. The zero-order chi connectivity index (χ0) is 13.2. The highest BCUT2D eigenvalue weighted by atomic mass is 16.4. The number of aryl methyl sites for hydroxylation is 1. The molecule has 5 nitrogen and oxygen atoms in total. The van der Waals surface area contributed by atoms with E-state index in [0.29, 0.717) is 12.3 Å². The van der Waals surface area contributed by atoms with Gasteiger partial charge in [-0.2, -0.15) is 0 Å². The minimum absolute atomic E-state index is 0.299. The largest absolute Gasteiger partial charge is 0.409 e. The molecule has 0 aliphatic carbocycles. The standard InChI is InChI=1S/C13H22N4O/c1-2-11-6-5-9-16-12(11)10-15-8-4-3-7-13(14)17-18/h5-6,9,15,18H,2-4,7-8,10H2,1H3,(H2,14,17). The second-order valence-corrected chi connectivity index (χ2v) is 4.19. The van der Waals surface area contributed by atoms with Gasteiger partial charge in [0.1, 0.15) is 5.84 Å². The van der Waals surface area contributed by atoms with Crippen molar-refractivity contribution in [1.82, 2.24) is 10.3 Å². The molecule has 0 aliphatic heterocycles. The Hall–Kier alpha value is -1.62. The SMILES string of the molecule is CCc1cccnc1CNCCCC/C(N)=N/O. The van der Waals surface area contributed by atoms with Crippen molar-refractivity contribution in [1.29, 1.82) is 0 Å². The Morgan fingerprint density at radius 1 is 1.50 bits per heavy atom. The van der Waals surface area contributed by atoms with Crippen LogP contribution in [0.25, 0.3) is 0 Å². The number of oxime groups is 1. The maximum atomic E-state index is 8.38. The van der Waals surface area contributed by atoms with Gasteiger partial charge in [0.05, 0.1) is 5.69 Å². The molecule has 4 N–H and O–H groups in total. The zero-order valence-electron chi connectivity index (χ0n) is 10.9. The Kier molecular flexibility index (Phi) is 6.79. The first-order chi connectivity index (χ1) is 8.77. The van der Waals surface area contributed by atoms with E-state index in [9.17, 15) is 0 Å². The molecular weight excluding hydrogens is 228 g/mol. The van der Waals surface area contributed by atoms with Crippen molar-refractivity contribution < 1.29 is 5.21 Å². The first-order valence-corrected chi connectivity index (χ1v) is 6.37. The highest BCUT2D eigenvalue weighted by Crippen LogP contribution is 2.05. The third-order valence-electron chi connectivity index (χ3n) is 2.82. The van der Waals surface area contributed by atoms with E-state index >= 15 is 0 Å². The van der Waals surface area contributed by atoms with Crippen LogP contribution in [0.2, 0.25) is 0 Å².